The van der Waals surface area contributed by atoms with Crippen LogP contribution in [0.15, 0.2) is 18.2 Å². The molecule has 18 heavy (non-hydrogen) atoms. The van der Waals surface area contributed by atoms with Crippen molar-refractivity contribution < 1.29 is 0 Å². The molecule has 3 rings (SSSR count). The van der Waals surface area contributed by atoms with E-state index < -0.39 is 0 Å². The molecule has 1 aliphatic heterocycles. The van der Waals surface area contributed by atoms with Gasteiger partial charge >= 0.3 is 0 Å². The van der Waals surface area contributed by atoms with Gasteiger partial charge in [-0.25, -0.2) is 0 Å². The standard InChI is InChI=1S/C16H24N2/c1-16(2)9-4-7-14(16)18-11-13-6-3-5-12-8-10-17-15(12)13/h3,5-6,14,17-18H,4,7-11H2,1-2H3. The fourth-order valence-corrected chi connectivity index (χ4v) is 3.50. The van der Waals surface area contributed by atoms with E-state index in [1.54, 1.807) is 0 Å². The lowest BCUT2D eigenvalue weighted by Crippen LogP contribution is -2.37. The number of rotatable bonds is 3. The van der Waals surface area contributed by atoms with Gasteiger partial charge in [0.05, 0.1) is 0 Å². The Morgan fingerprint density at radius 1 is 1.39 bits per heavy atom. The first-order valence-corrected chi connectivity index (χ1v) is 7.25. The lowest BCUT2D eigenvalue weighted by molar-refractivity contribution is 0.282. The van der Waals surface area contributed by atoms with Crippen LogP contribution in [0.4, 0.5) is 5.69 Å². The van der Waals surface area contributed by atoms with Gasteiger partial charge in [0.1, 0.15) is 0 Å². The van der Waals surface area contributed by atoms with Crippen molar-refractivity contribution in [1.82, 2.24) is 5.32 Å². The summed E-state index contributed by atoms with van der Waals surface area (Å²) in [6.45, 7) is 6.89. The Balaban J connectivity index is 1.69. The van der Waals surface area contributed by atoms with E-state index in [4.69, 9.17) is 0 Å². The molecule has 1 fully saturated rings. The molecule has 1 atom stereocenters. The number of para-hydroxylation sites is 1. The number of fused-ring (bicyclic) bond motifs is 1. The molecule has 0 aromatic heterocycles. The van der Waals surface area contributed by atoms with Crippen molar-refractivity contribution in [3.05, 3.63) is 29.3 Å². The van der Waals surface area contributed by atoms with Gasteiger partial charge in [-0.2, -0.15) is 0 Å². The average molecular weight is 244 g/mol. The highest BCUT2D eigenvalue weighted by Crippen LogP contribution is 2.37. The molecule has 1 aromatic carbocycles. The molecule has 2 heteroatoms. The monoisotopic (exact) mass is 244 g/mol. The summed E-state index contributed by atoms with van der Waals surface area (Å²) < 4.78 is 0. The number of hydrogen-bond acceptors (Lipinski definition) is 2. The van der Waals surface area contributed by atoms with E-state index in [0.29, 0.717) is 11.5 Å². The van der Waals surface area contributed by atoms with E-state index in [0.717, 1.165) is 13.1 Å². The number of anilines is 1. The second-order valence-electron chi connectivity index (χ2n) is 6.44. The Morgan fingerprint density at radius 2 is 2.28 bits per heavy atom. The lowest BCUT2D eigenvalue weighted by Gasteiger charge is -2.28. The van der Waals surface area contributed by atoms with Crippen molar-refractivity contribution >= 4 is 5.69 Å². The summed E-state index contributed by atoms with van der Waals surface area (Å²) in [4.78, 5) is 0. The van der Waals surface area contributed by atoms with Crippen LogP contribution in [-0.2, 0) is 13.0 Å². The van der Waals surface area contributed by atoms with Crippen LogP contribution in [0.2, 0.25) is 0 Å². The molecule has 1 saturated carbocycles. The van der Waals surface area contributed by atoms with Gasteiger partial charge in [0.25, 0.3) is 0 Å². The van der Waals surface area contributed by atoms with Crippen molar-refractivity contribution in [3.8, 4) is 0 Å². The van der Waals surface area contributed by atoms with Gasteiger partial charge in [0.2, 0.25) is 0 Å². The molecular weight excluding hydrogens is 220 g/mol. The summed E-state index contributed by atoms with van der Waals surface area (Å²) >= 11 is 0. The zero-order valence-electron chi connectivity index (χ0n) is 11.6. The summed E-state index contributed by atoms with van der Waals surface area (Å²) in [5.74, 6) is 0. The number of hydrogen-bond donors (Lipinski definition) is 2. The minimum absolute atomic E-state index is 0.464. The fourth-order valence-electron chi connectivity index (χ4n) is 3.50. The Labute approximate surface area is 110 Å². The maximum Gasteiger partial charge on any atom is 0.0419 e. The highest BCUT2D eigenvalue weighted by atomic mass is 15.0. The van der Waals surface area contributed by atoms with Crippen molar-refractivity contribution in [1.29, 1.82) is 0 Å². The summed E-state index contributed by atoms with van der Waals surface area (Å²) in [5.41, 5.74) is 4.78. The predicted octanol–water partition coefficient (Wildman–Crippen LogP) is 3.32. The van der Waals surface area contributed by atoms with Gasteiger partial charge in [-0.05, 0) is 35.8 Å². The van der Waals surface area contributed by atoms with E-state index in [-0.39, 0.29) is 0 Å². The second kappa shape index (κ2) is 4.58. The first-order chi connectivity index (χ1) is 8.67. The average Bonchev–Trinajstić information content (AvgIpc) is 2.92. The van der Waals surface area contributed by atoms with E-state index in [9.17, 15) is 0 Å². The first kappa shape index (κ1) is 12.0. The van der Waals surface area contributed by atoms with Crippen LogP contribution in [0.25, 0.3) is 0 Å². The quantitative estimate of drug-likeness (QED) is 0.852. The second-order valence-corrected chi connectivity index (χ2v) is 6.44. The SMILES string of the molecule is CC1(C)CCCC1NCc1cccc2c1NCC2. The van der Waals surface area contributed by atoms with Crippen LogP contribution in [0.1, 0.15) is 44.2 Å². The molecule has 0 radical (unpaired) electrons. The van der Waals surface area contributed by atoms with Crippen LogP contribution in [0.3, 0.4) is 0 Å². The van der Waals surface area contributed by atoms with Crippen LogP contribution in [0.5, 0.6) is 0 Å². The molecule has 1 aromatic rings. The summed E-state index contributed by atoms with van der Waals surface area (Å²) in [6, 6.07) is 7.38. The van der Waals surface area contributed by atoms with Crippen LogP contribution in [0, 0.1) is 5.41 Å². The normalized spacial score (nSPS) is 24.9. The molecule has 0 amide bonds. The van der Waals surface area contributed by atoms with Crippen LogP contribution < -0.4 is 10.6 Å². The van der Waals surface area contributed by atoms with E-state index in [1.807, 2.05) is 0 Å². The largest absolute Gasteiger partial charge is 0.384 e. The van der Waals surface area contributed by atoms with Gasteiger partial charge in [0.15, 0.2) is 0 Å². The smallest absolute Gasteiger partial charge is 0.0419 e. The van der Waals surface area contributed by atoms with Crippen LogP contribution >= 0.6 is 0 Å². The Bertz CT molecular complexity index is 437. The van der Waals surface area contributed by atoms with Crippen LogP contribution in [-0.4, -0.2) is 12.6 Å². The van der Waals surface area contributed by atoms with Gasteiger partial charge in [0, 0.05) is 24.8 Å². The molecule has 1 aliphatic carbocycles. The van der Waals surface area contributed by atoms with E-state index in [1.165, 1.54) is 42.5 Å². The molecule has 2 aliphatic rings. The molecule has 1 heterocycles. The van der Waals surface area contributed by atoms with Gasteiger partial charge in [-0.1, -0.05) is 38.5 Å². The Kier molecular flexibility index (Phi) is 3.06. The van der Waals surface area contributed by atoms with Gasteiger partial charge in [-0.3, -0.25) is 0 Å². The maximum atomic E-state index is 3.78. The maximum absolute atomic E-state index is 3.78. The molecular formula is C16H24N2. The predicted molar refractivity (Wildman–Crippen MR) is 76.9 cm³/mol. The third-order valence-electron chi connectivity index (χ3n) is 4.73. The molecule has 0 bridgehead atoms. The Morgan fingerprint density at radius 3 is 3.06 bits per heavy atom. The fraction of sp³-hybridized carbons (Fsp3) is 0.625. The van der Waals surface area contributed by atoms with Crippen molar-refractivity contribution in [2.45, 2.75) is 52.1 Å². The third kappa shape index (κ3) is 2.14. The third-order valence-corrected chi connectivity index (χ3v) is 4.73. The van der Waals surface area contributed by atoms with Crippen molar-refractivity contribution in [3.63, 3.8) is 0 Å². The minimum Gasteiger partial charge on any atom is -0.384 e. The topological polar surface area (TPSA) is 24.1 Å². The van der Waals surface area contributed by atoms with Crippen molar-refractivity contribution in [2.24, 2.45) is 5.41 Å². The summed E-state index contributed by atoms with van der Waals surface area (Å²) in [6.07, 6.45) is 5.24. The molecule has 0 spiro atoms. The lowest BCUT2D eigenvalue weighted by atomic mass is 9.87. The first-order valence-electron chi connectivity index (χ1n) is 7.25. The van der Waals surface area contributed by atoms with Gasteiger partial charge < -0.3 is 10.6 Å². The summed E-state index contributed by atoms with van der Waals surface area (Å²) in [7, 11) is 0. The molecule has 2 nitrogen and oxygen atoms in total. The minimum atomic E-state index is 0.464. The molecule has 2 N–H and O–H groups in total. The zero-order valence-corrected chi connectivity index (χ0v) is 11.6. The zero-order chi connectivity index (χ0) is 12.6. The number of nitrogens with one attached hydrogen (secondary N) is 2. The van der Waals surface area contributed by atoms with Crippen molar-refractivity contribution in [2.75, 3.05) is 11.9 Å². The van der Waals surface area contributed by atoms with E-state index >= 15 is 0 Å². The Hall–Kier alpha value is -1.02. The number of benzene rings is 1. The molecule has 1 unspecified atom stereocenters. The van der Waals surface area contributed by atoms with E-state index in [2.05, 4.69) is 42.7 Å². The summed E-state index contributed by atoms with van der Waals surface area (Å²) in [5, 5.41) is 7.30. The van der Waals surface area contributed by atoms with Gasteiger partial charge in [-0.15, -0.1) is 0 Å². The highest BCUT2D eigenvalue weighted by molar-refractivity contribution is 5.61. The molecule has 98 valence electrons. The molecule has 0 saturated heterocycles. The highest BCUT2D eigenvalue weighted by Gasteiger charge is 2.33.